The molecular formula is C8H16N2O. The van der Waals surface area contributed by atoms with Crippen molar-refractivity contribution in [3.8, 4) is 0 Å². The van der Waals surface area contributed by atoms with Crippen LogP contribution < -0.4 is 11.1 Å². The predicted molar refractivity (Wildman–Crippen MR) is 44.1 cm³/mol. The van der Waals surface area contributed by atoms with Gasteiger partial charge in [-0.2, -0.15) is 0 Å². The van der Waals surface area contributed by atoms with Gasteiger partial charge in [0.25, 0.3) is 0 Å². The van der Waals surface area contributed by atoms with Crippen molar-refractivity contribution in [2.45, 2.75) is 38.1 Å². The summed E-state index contributed by atoms with van der Waals surface area (Å²) in [6.07, 6.45) is 4.87. The molecule has 1 aliphatic rings. The molecule has 0 saturated heterocycles. The van der Waals surface area contributed by atoms with Gasteiger partial charge in [0.2, 0.25) is 5.91 Å². The maximum atomic E-state index is 11.0. The molecule has 1 fully saturated rings. The molecule has 0 heterocycles. The van der Waals surface area contributed by atoms with Crippen molar-refractivity contribution < 1.29 is 4.79 Å². The Bertz CT molecular complexity index is 132. The molecule has 0 bridgehead atoms. The summed E-state index contributed by atoms with van der Waals surface area (Å²) < 4.78 is 0. The second-order valence-corrected chi connectivity index (χ2v) is 3.09. The van der Waals surface area contributed by atoms with Gasteiger partial charge < -0.3 is 11.1 Å². The Balaban J connectivity index is 1.92. The third kappa shape index (κ3) is 3.98. The van der Waals surface area contributed by atoms with E-state index < -0.39 is 0 Å². The van der Waals surface area contributed by atoms with E-state index in [1.807, 2.05) is 0 Å². The van der Waals surface area contributed by atoms with Gasteiger partial charge in [-0.1, -0.05) is 0 Å². The molecule has 0 atom stereocenters. The van der Waals surface area contributed by atoms with Crippen molar-refractivity contribution in [1.29, 1.82) is 0 Å². The number of nitrogens with two attached hydrogens (primary N) is 1. The van der Waals surface area contributed by atoms with E-state index in [-0.39, 0.29) is 5.91 Å². The Labute approximate surface area is 67.3 Å². The molecule has 0 aromatic carbocycles. The molecule has 11 heavy (non-hydrogen) atoms. The SMILES string of the molecule is NCCCCC(=O)NC1CC1. The van der Waals surface area contributed by atoms with Crippen molar-refractivity contribution >= 4 is 5.91 Å². The fourth-order valence-electron chi connectivity index (χ4n) is 0.957. The number of carbonyl (C=O) groups is 1. The molecule has 0 aliphatic heterocycles. The highest BCUT2D eigenvalue weighted by Crippen LogP contribution is 2.18. The molecule has 0 aromatic heterocycles. The summed E-state index contributed by atoms with van der Waals surface area (Å²) in [7, 11) is 0. The Morgan fingerprint density at radius 3 is 2.73 bits per heavy atom. The molecule has 0 spiro atoms. The number of nitrogens with one attached hydrogen (secondary N) is 1. The standard InChI is InChI=1S/C8H16N2O/c9-6-2-1-3-8(11)10-7-4-5-7/h7H,1-6,9H2,(H,10,11). The molecule has 64 valence electrons. The van der Waals surface area contributed by atoms with Crippen LogP contribution in [0.15, 0.2) is 0 Å². The molecule has 1 amide bonds. The molecular weight excluding hydrogens is 140 g/mol. The van der Waals surface area contributed by atoms with Crippen molar-refractivity contribution in [2.75, 3.05) is 6.54 Å². The fraction of sp³-hybridized carbons (Fsp3) is 0.875. The first kappa shape index (κ1) is 8.53. The lowest BCUT2D eigenvalue weighted by atomic mass is 10.2. The molecule has 0 radical (unpaired) electrons. The lowest BCUT2D eigenvalue weighted by molar-refractivity contribution is -0.121. The number of unbranched alkanes of at least 4 members (excludes halogenated alkanes) is 1. The Kier molecular flexibility index (Phi) is 3.36. The second-order valence-electron chi connectivity index (χ2n) is 3.09. The van der Waals surface area contributed by atoms with E-state index in [9.17, 15) is 4.79 Å². The summed E-state index contributed by atoms with van der Waals surface area (Å²) in [4.78, 5) is 11.0. The van der Waals surface area contributed by atoms with Crippen molar-refractivity contribution in [1.82, 2.24) is 5.32 Å². The zero-order valence-electron chi connectivity index (χ0n) is 6.81. The quantitative estimate of drug-likeness (QED) is 0.566. The van der Waals surface area contributed by atoms with E-state index in [4.69, 9.17) is 5.73 Å². The van der Waals surface area contributed by atoms with Crippen molar-refractivity contribution in [3.63, 3.8) is 0 Å². The second kappa shape index (κ2) is 4.34. The van der Waals surface area contributed by atoms with Gasteiger partial charge in [-0.3, -0.25) is 4.79 Å². The van der Waals surface area contributed by atoms with Gasteiger partial charge in [0.05, 0.1) is 0 Å². The Morgan fingerprint density at radius 2 is 2.18 bits per heavy atom. The number of hydrogen-bond acceptors (Lipinski definition) is 2. The largest absolute Gasteiger partial charge is 0.353 e. The monoisotopic (exact) mass is 156 g/mol. The zero-order chi connectivity index (χ0) is 8.10. The van der Waals surface area contributed by atoms with Crippen LogP contribution in [0.1, 0.15) is 32.1 Å². The molecule has 0 aromatic rings. The van der Waals surface area contributed by atoms with E-state index in [2.05, 4.69) is 5.32 Å². The maximum absolute atomic E-state index is 11.0. The van der Waals surface area contributed by atoms with Crippen LogP contribution in [0.2, 0.25) is 0 Å². The van der Waals surface area contributed by atoms with Gasteiger partial charge >= 0.3 is 0 Å². The number of hydrogen-bond donors (Lipinski definition) is 2. The van der Waals surface area contributed by atoms with Crippen LogP contribution in [-0.4, -0.2) is 18.5 Å². The van der Waals surface area contributed by atoms with Crippen LogP contribution in [0.25, 0.3) is 0 Å². The molecule has 1 aliphatic carbocycles. The summed E-state index contributed by atoms with van der Waals surface area (Å²) in [6.45, 7) is 0.691. The van der Waals surface area contributed by atoms with Crippen molar-refractivity contribution in [3.05, 3.63) is 0 Å². The van der Waals surface area contributed by atoms with Crippen LogP contribution in [0.5, 0.6) is 0 Å². The van der Waals surface area contributed by atoms with E-state index in [0.717, 1.165) is 12.8 Å². The van der Waals surface area contributed by atoms with E-state index >= 15 is 0 Å². The summed E-state index contributed by atoms with van der Waals surface area (Å²) in [5, 5.41) is 2.93. The van der Waals surface area contributed by atoms with Crippen LogP contribution >= 0.6 is 0 Å². The highest BCUT2D eigenvalue weighted by atomic mass is 16.1. The molecule has 0 unspecified atom stereocenters. The first-order valence-corrected chi connectivity index (χ1v) is 4.32. The first-order valence-electron chi connectivity index (χ1n) is 4.32. The van der Waals surface area contributed by atoms with Crippen LogP contribution in [0, 0.1) is 0 Å². The lowest BCUT2D eigenvalue weighted by Gasteiger charge is -2.01. The minimum Gasteiger partial charge on any atom is -0.353 e. The number of rotatable bonds is 5. The van der Waals surface area contributed by atoms with Crippen LogP contribution in [0.3, 0.4) is 0 Å². The normalized spacial score (nSPS) is 16.5. The average molecular weight is 156 g/mol. The summed E-state index contributed by atoms with van der Waals surface area (Å²) >= 11 is 0. The molecule has 3 nitrogen and oxygen atoms in total. The third-order valence-corrected chi connectivity index (χ3v) is 1.80. The molecule has 3 N–H and O–H groups in total. The topological polar surface area (TPSA) is 55.1 Å². The van der Waals surface area contributed by atoms with Gasteiger partial charge in [0.15, 0.2) is 0 Å². The van der Waals surface area contributed by atoms with Gasteiger partial charge in [-0.15, -0.1) is 0 Å². The minimum absolute atomic E-state index is 0.195. The lowest BCUT2D eigenvalue weighted by Crippen LogP contribution is -2.25. The number of amides is 1. The highest BCUT2D eigenvalue weighted by Gasteiger charge is 2.22. The van der Waals surface area contributed by atoms with Gasteiger partial charge in [0, 0.05) is 12.5 Å². The summed E-state index contributed by atoms with van der Waals surface area (Å²) in [5.74, 6) is 0.195. The summed E-state index contributed by atoms with van der Waals surface area (Å²) in [6, 6.07) is 0.500. The fourth-order valence-corrected chi connectivity index (χ4v) is 0.957. The average Bonchev–Trinajstić information content (AvgIpc) is 2.72. The molecule has 3 heteroatoms. The van der Waals surface area contributed by atoms with Crippen LogP contribution in [0.4, 0.5) is 0 Å². The smallest absolute Gasteiger partial charge is 0.220 e. The maximum Gasteiger partial charge on any atom is 0.220 e. The predicted octanol–water partition coefficient (Wildman–Crippen LogP) is 0.394. The molecule has 1 rings (SSSR count). The van der Waals surface area contributed by atoms with E-state index in [0.29, 0.717) is 19.0 Å². The third-order valence-electron chi connectivity index (χ3n) is 1.80. The van der Waals surface area contributed by atoms with E-state index in [1.165, 1.54) is 12.8 Å². The van der Waals surface area contributed by atoms with E-state index in [1.54, 1.807) is 0 Å². The van der Waals surface area contributed by atoms with Crippen LogP contribution in [-0.2, 0) is 4.79 Å². The molecule has 1 saturated carbocycles. The zero-order valence-corrected chi connectivity index (χ0v) is 6.81. The van der Waals surface area contributed by atoms with Gasteiger partial charge in [-0.25, -0.2) is 0 Å². The Morgan fingerprint density at radius 1 is 1.45 bits per heavy atom. The van der Waals surface area contributed by atoms with Gasteiger partial charge in [-0.05, 0) is 32.2 Å². The minimum atomic E-state index is 0.195. The first-order chi connectivity index (χ1) is 5.33. The number of carbonyl (C=O) groups excluding carboxylic acids is 1. The highest BCUT2D eigenvalue weighted by molar-refractivity contribution is 5.76. The Hall–Kier alpha value is -0.570. The van der Waals surface area contributed by atoms with Gasteiger partial charge in [0.1, 0.15) is 0 Å². The van der Waals surface area contributed by atoms with Crippen molar-refractivity contribution in [2.24, 2.45) is 5.73 Å². The summed E-state index contributed by atoms with van der Waals surface area (Å²) in [5.41, 5.74) is 5.30.